The van der Waals surface area contributed by atoms with Crippen molar-refractivity contribution in [3.63, 3.8) is 0 Å². The largest absolute Gasteiger partial charge is 0.462 e. The van der Waals surface area contributed by atoms with Crippen LogP contribution in [0.3, 0.4) is 0 Å². The number of carbonyl (C=O) groups is 3. The summed E-state index contributed by atoms with van der Waals surface area (Å²) >= 11 is 0. The van der Waals surface area contributed by atoms with Gasteiger partial charge in [-0.05, 0) is 44.9 Å². The standard InChI is InChI=1S/C68H130O6/c1-4-7-10-13-16-19-22-25-28-31-33-34-36-37-40-43-46-49-52-55-58-61-67(70)73-64-65(63-72-66(69)60-57-54-51-48-45-42-39-30-27-24-21-18-15-12-9-6-3)74-68(71)62-59-56-53-50-47-44-41-38-35-32-29-26-23-20-17-14-11-8-5-2/h26,29,65H,4-25,27-28,30-64H2,1-3H3/b29-26-. The molecule has 0 aromatic heterocycles. The number of hydrogen-bond acceptors (Lipinski definition) is 6. The van der Waals surface area contributed by atoms with Crippen LogP contribution in [-0.4, -0.2) is 37.2 Å². The molecule has 0 aliphatic carbocycles. The molecular weight excluding hydrogens is 913 g/mol. The van der Waals surface area contributed by atoms with Crippen molar-refractivity contribution in [2.24, 2.45) is 0 Å². The molecule has 0 aromatic carbocycles. The third-order valence-corrected chi connectivity index (χ3v) is 15.5. The van der Waals surface area contributed by atoms with Gasteiger partial charge >= 0.3 is 17.9 Å². The van der Waals surface area contributed by atoms with Crippen LogP contribution in [0.25, 0.3) is 0 Å². The SMILES string of the molecule is CCCCCCCC/C=C\CCCCCCCCCCCC(=O)OC(COC(=O)CCCCCCCCCCCCCCCCCC)COC(=O)CCCCCCCCCCCCCCCCCCCCCCC. The Balaban J connectivity index is 4.28. The van der Waals surface area contributed by atoms with Gasteiger partial charge in [-0.2, -0.15) is 0 Å². The average Bonchev–Trinajstić information content (AvgIpc) is 3.40. The summed E-state index contributed by atoms with van der Waals surface area (Å²) < 4.78 is 17.0. The molecule has 1 atom stereocenters. The Morgan fingerprint density at radius 2 is 0.446 bits per heavy atom. The first-order valence-electron chi connectivity index (χ1n) is 33.7. The molecule has 0 fully saturated rings. The maximum atomic E-state index is 12.9. The molecule has 0 N–H and O–H groups in total. The second kappa shape index (κ2) is 63.7. The topological polar surface area (TPSA) is 78.9 Å². The van der Waals surface area contributed by atoms with Crippen LogP contribution < -0.4 is 0 Å². The lowest BCUT2D eigenvalue weighted by atomic mass is 10.0. The van der Waals surface area contributed by atoms with E-state index in [9.17, 15) is 14.4 Å². The quantitative estimate of drug-likeness (QED) is 0.0261. The molecule has 0 bridgehead atoms. The number of rotatable bonds is 63. The summed E-state index contributed by atoms with van der Waals surface area (Å²) in [6, 6.07) is 0. The average molecular weight is 1040 g/mol. The summed E-state index contributed by atoms with van der Waals surface area (Å²) in [4.78, 5) is 38.4. The molecule has 6 nitrogen and oxygen atoms in total. The van der Waals surface area contributed by atoms with Gasteiger partial charge in [-0.3, -0.25) is 14.4 Å². The summed E-state index contributed by atoms with van der Waals surface area (Å²) in [5.41, 5.74) is 0. The van der Waals surface area contributed by atoms with Crippen LogP contribution >= 0.6 is 0 Å². The molecule has 0 aliphatic heterocycles. The molecule has 0 saturated heterocycles. The normalized spacial score (nSPS) is 12.0. The summed E-state index contributed by atoms with van der Waals surface area (Å²) in [6.07, 6.45) is 75.1. The van der Waals surface area contributed by atoms with Gasteiger partial charge in [-0.25, -0.2) is 0 Å². The maximum Gasteiger partial charge on any atom is 0.306 e. The van der Waals surface area contributed by atoms with Crippen molar-refractivity contribution in [3.05, 3.63) is 12.2 Å². The third kappa shape index (κ3) is 61.0. The Morgan fingerprint density at radius 1 is 0.257 bits per heavy atom. The predicted molar refractivity (Wildman–Crippen MR) is 321 cm³/mol. The summed E-state index contributed by atoms with van der Waals surface area (Å²) in [5.74, 6) is -0.831. The van der Waals surface area contributed by atoms with Crippen molar-refractivity contribution in [1.82, 2.24) is 0 Å². The zero-order valence-electron chi connectivity index (χ0n) is 50.4. The summed E-state index contributed by atoms with van der Waals surface area (Å²) in [6.45, 7) is 6.72. The molecule has 0 aliphatic rings. The number of allylic oxidation sites excluding steroid dienone is 2. The van der Waals surface area contributed by atoms with E-state index in [4.69, 9.17) is 14.2 Å². The Morgan fingerprint density at radius 3 is 0.676 bits per heavy atom. The Labute approximate surface area is 462 Å². The fourth-order valence-corrected chi connectivity index (χ4v) is 10.4. The van der Waals surface area contributed by atoms with Crippen LogP contribution in [0.4, 0.5) is 0 Å². The summed E-state index contributed by atoms with van der Waals surface area (Å²) in [5, 5.41) is 0. The van der Waals surface area contributed by atoms with E-state index in [0.29, 0.717) is 19.3 Å². The molecule has 74 heavy (non-hydrogen) atoms. The molecule has 0 aromatic rings. The van der Waals surface area contributed by atoms with Gasteiger partial charge in [0.15, 0.2) is 6.10 Å². The highest BCUT2D eigenvalue weighted by Crippen LogP contribution is 2.18. The fourth-order valence-electron chi connectivity index (χ4n) is 10.4. The van der Waals surface area contributed by atoms with Gasteiger partial charge in [0, 0.05) is 19.3 Å². The monoisotopic (exact) mass is 1040 g/mol. The van der Waals surface area contributed by atoms with Crippen molar-refractivity contribution in [3.8, 4) is 0 Å². The van der Waals surface area contributed by atoms with Gasteiger partial charge in [0.05, 0.1) is 0 Å². The molecule has 438 valence electrons. The van der Waals surface area contributed by atoms with Crippen LogP contribution in [-0.2, 0) is 28.6 Å². The molecule has 0 saturated carbocycles. The predicted octanol–water partition coefficient (Wildman–Crippen LogP) is 22.8. The van der Waals surface area contributed by atoms with Gasteiger partial charge in [0.25, 0.3) is 0 Å². The highest BCUT2D eigenvalue weighted by Gasteiger charge is 2.19. The van der Waals surface area contributed by atoms with Crippen molar-refractivity contribution in [1.29, 1.82) is 0 Å². The zero-order valence-corrected chi connectivity index (χ0v) is 50.4. The van der Waals surface area contributed by atoms with Crippen molar-refractivity contribution >= 4 is 17.9 Å². The molecular formula is C68H130O6. The smallest absolute Gasteiger partial charge is 0.306 e. The van der Waals surface area contributed by atoms with Gasteiger partial charge in [0.1, 0.15) is 13.2 Å². The lowest BCUT2D eigenvalue weighted by molar-refractivity contribution is -0.167. The Kier molecular flexibility index (Phi) is 62.1. The molecule has 0 amide bonds. The molecule has 1 unspecified atom stereocenters. The van der Waals surface area contributed by atoms with Crippen LogP contribution in [0, 0.1) is 0 Å². The Hall–Kier alpha value is -1.85. The molecule has 0 radical (unpaired) electrons. The lowest BCUT2D eigenvalue weighted by Gasteiger charge is -2.18. The number of carbonyl (C=O) groups excluding carboxylic acids is 3. The van der Waals surface area contributed by atoms with E-state index in [0.717, 1.165) is 57.8 Å². The van der Waals surface area contributed by atoms with Gasteiger partial charge in [-0.15, -0.1) is 0 Å². The third-order valence-electron chi connectivity index (χ3n) is 15.5. The van der Waals surface area contributed by atoms with Crippen LogP contribution in [0.15, 0.2) is 12.2 Å². The highest BCUT2D eigenvalue weighted by atomic mass is 16.6. The molecule has 0 spiro atoms. The number of esters is 3. The second-order valence-electron chi connectivity index (χ2n) is 23.1. The van der Waals surface area contributed by atoms with Crippen LogP contribution in [0.1, 0.15) is 387 Å². The van der Waals surface area contributed by atoms with Gasteiger partial charge in [-0.1, -0.05) is 335 Å². The number of unbranched alkanes of at least 4 members (excludes halogenated alkanes) is 50. The maximum absolute atomic E-state index is 12.9. The van der Waals surface area contributed by atoms with E-state index < -0.39 is 6.10 Å². The van der Waals surface area contributed by atoms with Crippen molar-refractivity contribution in [2.45, 2.75) is 393 Å². The van der Waals surface area contributed by atoms with Gasteiger partial charge in [0.2, 0.25) is 0 Å². The van der Waals surface area contributed by atoms with Gasteiger partial charge < -0.3 is 14.2 Å². The zero-order chi connectivity index (χ0) is 53.6. The summed E-state index contributed by atoms with van der Waals surface area (Å²) in [7, 11) is 0. The molecule has 6 heteroatoms. The minimum atomic E-state index is -0.767. The second-order valence-corrected chi connectivity index (χ2v) is 23.1. The molecule has 0 heterocycles. The first-order valence-corrected chi connectivity index (χ1v) is 33.7. The number of hydrogen-bond donors (Lipinski definition) is 0. The lowest BCUT2D eigenvalue weighted by Crippen LogP contribution is -2.30. The van der Waals surface area contributed by atoms with E-state index in [1.165, 1.54) is 289 Å². The molecule has 0 rings (SSSR count). The van der Waals surface area contributed by atoms with E-state index in [1.54, 1.807) is 0 Å². The van der Waals surface area contributed by atoms with Crippen molar-refractivity contribution < 1.29 is 28.6 Å². The first-order chi connectivity index (χ1) is 36.5. The van der Waals surface area contributed by atoms with E-state index in [1.807, 2.05) is 0 Å². The van der Waals surface area contributed by atoms with E-state index in [2.05, 4.69) is 32.9 Å². The van der Waals surface area contributed by atoms with E-state index >= 15 is 0 Å². The van der Waals surface area contributed by atoms with Crippen LogP contribution in [0.5, 0.6) is 0 Å². The van der Waals surface area contributed by atoms with E-state index in [-0.39, 0.29) is 31.1 Å². The van der Waals surface area contributed by atoms with Crippen molar-refractivity contribution in [2.75, 3.05) is 13.2 Å². The number of ether oxygens (including phenoxy) is 3. The van der Waals surface area contributed by atoms with Crippen LogP contribution in [0.2, 0.25) is 0 Å². The highest BCUT2D eigenvalue weighted by molar-refractivity contribution is 5.71. The fraction of sp³-hybridized carbons (Fsp3) is 0.926. The minimum absolute atomic E-state index is 0.0639. The first kappa shape index (κ1) is 72.2. The Bertz CT molecular complexity index is 1150. The minimum Gasteiger partial charge on any atom is -0.462 e.